The van der Waals surface area contributed by atoms with Gasteiger partial charge < -0.3 is 0 Å². The molecule has 0 heterocycles. The summed E-state index contributed by atoms with van der Waals surface area (Å²) < 4.78 is 23.8. The first-order chi connectivity index (χ1) is 8.49. The van der Waals surface area contributed by atoms with Gasteiger partial charge in [0.05, 0.1) is 10.7 Å². The van der Waals surface area contributed by atoms with Crippen molar-refractivity contribution in [3.63, 3.8) is 0 Å². The highest BCUT2D eigenvalue weighted by atomic mass is 32.2. The summed E-state index contributed by atoms with van der Waals surface area (Å²) in [6, 6.07) is 5.16. The summed E-state index contributed by atoms with van der Waals surface area (Å²) >= 11 is 0. The van der Waals surface area contributed by atoms with E-state index >= 15 is 0 Å². The second-order valence-electron chi connectivity index (χ2n) is 3.35. The number of nitrogens with zero attached hydrogens (tertiary/aromatic N) is 4. The fourth-order valence-corrected chi connectivity index (χ4v) is 2.83. The number of azide groups is 1. The Bertz CT molecular complexity index is 592. The highest BCUT2D eigenvalue weighted by molar-refractivity contribution is 7.91. The molecular weight excluding hydrogens is 260 g/mol. The minimum absolute atomic E-state index is 0.0381. The maximum Gasteiger partial charge on any atom is 0.287 e. The Morgan fingerprint density at radius 1 is 1.39 bits per heavy atom. The molecule has 9 heteroatoms. The van der Waals surface area contributed by atoms with Gasteiger partial charge in [-0.2, -0.15) is 0 Å². The minimum Gasteiger partial charge on any atom is -0.258 e. The zero-order chi connectivity index (χ0) is 13.6. The number of nitro groups is 1. The van der Waals surface area contributed by atoms with Crippen LogP contribution in [-0.4, -0.2) is 25.6 Å². The van der Waals surface area contributed by atoms with Gasteiger partial charge in [-0.05, 0) is 18.0 Å². The summed E-state index contributed by atoms with van der Waals surface area (Å²) in [6.45, 7) is 0.0381. The Hall–Kier alpha value is -2.12. The lowest BCUT2D eigenvalue weighted by Gasteiger charge is -2.03. The van der Waals surface area contributed by atoms with Crippen LogP contribution in [0.4, 0.5) is 5.69 Å². The van der Waals surface area contributed by atoms with Gasteiger partial charge in [-0.1, -0.05) is 17.2 Å². The Kier molecular flexibility index (Phi) is 4.64. The molecular formula is C9H10N4O4S. The number of hydrogen-bond acceptors (Lipinski definition) is 5. The van der Waals surface area contributed by atoms with Crippen molar-refractivity contribution in [3.8, 4) is 0 Å². The maximum absolute atomic E-state index is 11.9. The first-order valence-corrected chi connectivity index (χ1v) is 6.61. The van der Waals surface area contributed by atoms with Crippen LogP contribution in [-0.2, 0) is 9.84 Å². The molecule has 0 aliphatic carbocycles. The van der Waals surface area contributed by atoms with Crippen molar-refractivity contribution in [1.29, 1.82) is 0 Å². The van der Waals surface area contributed by atoms with E-state index < -0.39 is 20.4 Å². The summed E-state index contributed by atoms with van der Waals surface area (Å²) in [5.41, 5.74) is 7.61. The van der Waals surface area contributed by atoms with Crippen molar-refractivity contribution < 1.29 is 13.3 Å². The Labute approximate surface area is 103 Å². The van der Waals surface area contributed by atoms with Crippen LogP contribution in [0.25, 0.3) is 10.4 Å². The van der Waals surface area contributed by atoms with Gasteiger partial charge in [0.25, 0.3) is 5.69 Å². The molecule has 0 amide bonds. The molecule has 0 spiro atoms. The molecule has 0 aromatic heterocycles. The normalized spacial score (nSPS) is 10.7. The van der Waals surface area contributed by atoms with Crippen LogP contribution in [0, 0.1) is 10.1 Å². The molecule has 96 valence electrons. The third-order valence-electron chi connectivity index (χ3n) is 2.13. The zero-order valence-electron chi connectivity index (χ0n) is 9.26. The van der Waals surface area contributed by atoms with E-state index in [1.807, 2.05) is 0 Å². The molecule has 0 saturated heterocycles. The van der Waals surface area contributed by atoms with E-state index in [1.54, 1.807) is 0 Å². The van der Waals surface area contributed by atoms with Crippen LogP contribution in [0.1, 0.15) is 6.42 Å². The number of benzene rings is 1. The summed E-state index contributed by atoms with van der Waals surface area (Å²) in [5, 5.41) is 13.9. The largest absolute Gasteiger partial charge is 0.287 e. The molecule has 1 rings (SSSR count). The smallest absolute Gasteiger partial charge is 0.258 e. The summed E-state index contributed by atoms with van der Waals surface area (Å²) in [6.07, 6.45) is 0.123. The van der Waals surface area contributed by atoms with Gasteiger partial charge in [0, 0.05) is 17.5 Å². The Morgan fingerprint density at radius 2 is 2.06 bits per heavy atom. The average molecular weight is 270 g/mol. The molecule has 18 heavy (non-hydrogen) atoms. The van der Waals surface area contributed by atoms with Crippen LogP contribution in [0.15, 0.2) is 34.3 Å². The molecule has 0 unspecified atom stereocenters. The van der Waals surface area contributed by atoms with E-state index in [1.165, 1.54) is 18.2 Å². The minimum atomic E-state index is -3.74. The second-order valence-corrected chi connectivity index (χ2v) is 5.43. The van der Waals surface area contributed by atoms with E-state index in [9.17, 15) is 18.5 Å². The molecule has 0 aliphatic heterocycles. The monoisotopic (exact) mass is 270 g/mol. The highest BCUT2D eigenvalue weighted by Crippen LogP contribution is 2.24. The van der Waals surface area contributed by atoms with Gasteiger partial charge in [-0.3, -0.25) is 10.1 Å². The lowest BCUT2D eigenvalue weighted by atomic mass is 10.3. The van der Waals surface area contributed by atoms with Crippen molar-refractivity contribution in [2.24, 2.45) is 5.11 Å². The van der Waals surface area contributed by atoms with Gasteiger partial charge in [0.2, 0.25) is 0 Å². The van der Waals surface area contributed by atoms with Crippen LogP contribution in [0.2, 0.25) is 0 Å². The van der Waals surface area contributed by atoms with Crippen molar-refractivity contribution in [1.82, 2.24) is 0 Å². The fraction of sp³-hybridized carbons (Fsp3) is 0.333. The predicted octanol–water partition coefficient (Wildman–Crippen LogP) is 2.07. The second kappa shape index (κ2) is 5.99. The first-order valence-electron chi connectivity index (χ1n) is 4.96. The number of para-hydroxylation sites is 1. The zero-order valence-corrected chi connectivity index (χ0v) is 10.1. The lowest BCUT2D eigenvalue weighted by molar-refractivity contribution is -0.387. The van der Waals surface area contributed by atoms with Gasteiger partial charge in [-0.25, -0.2) is 8.42 Å². The Balaban J connectivity index is 2.98. The maximum atomic E-state index is 11.9. The number of nitro benzene ring substituents is 1. The number of hydrogen-bond donors (Lipinski definition) is 0. The third-order valence-corrected chi connectivity index (χ3v) is 3.97. The van der Waals surface area contributed by atoms with Gasteiger partial charge in [0.15, 0.2) is 9.84 Å². The highest BCUT2D eigenvalue weighted by Gasteiger charge is 2.24. The van der Waals surface area contributed by atoms with Crippen LogP contribution >= 0.6 is 0 Å². The molecule has 1 aromatic carbocycles. The van der Waals surface area contributed by atoms with Crippen LogP contribution in [0.5, 0.6) is 0 Å². The van der Waals surface area contributed by atoms with E-state index in [4.69, 9.17) is 5.53 Å². The lowest BCUT2D eigenvalue weighted by Crippen LogP contribution is -2.10. The van der Waals surface area contributed by atoms with Gasteiger partial charge in [-0.15, -0.1) is 0 Å². The van der Waals surface area contributed by atoms with Crippen molar-refractivity contribution in [2.75, 3.05) is 12.3 Å². The molecule has 0 radical (unpaired) electrons. The van der Waals surface area contributed by atoms with Crippen molar-refractivity contribution in [2.45, 2.75) is 11.3 Å². The van der Waals surface area contributed by atoms with Crippen molar-refractivity contribution in [3.05, 3.63) is 44.8 Å². The first kappa shape index (κ1) is 13.9. The summed E-state index contributed by atoms with van der Waals surface area (Å²) in [4.78, 5) is 12.2. The molecule has 0 atom stereocenters. The number of rotatable bonds is 6. The van der Waals surface area contributed by atoms with Gasteiger partial charge >= 0.3 is 0 Å². The molecule has 0 fully saturated rings. The average Bonchev–Trinajstić information content (AvgIpc) is 2.35. The van der Waals surface area contributed by atoms with Gasteiger partial charge in [0.1, 0.15) is 4.90 Å². The van der Waals surface area contributed by atoms with Crippen LogP contribution < -0.4 is 0 Å². The fourth-order valence-electron chi connectivity index (χ4n) is 1.35. The summed E-state index contributed by atoms with van der Waals surface area (Å²) in [5.74, 6) is -0.295. The molecule has 8 nitrogen and oxygen atoms in total. The SMILES string of the molecule is [N-]=[N+]=NCCCS(=O)(=O)c1ccccc1[N+](=O)[O-]. The van der Waals surface area contributed by atoms with E-state index in [0.29, 0.717) is 0 Å². The molecule has 0 bridgehead atoms. The summed E-state index contributed by atoms with van der Waals surface area (Å²) in [7, 11) is -3.74. The molecule has 1 aromatic rings. The molecule has 0 N–H and O–H groups in total. The number of sulfone groups is 1. The molecule has 0 saturated carbocycles. The van der Waals surface area contributed by atoms with E-state index in [2.05, 4.69) is 10.0 Å². The standard InChI is InChI=1S/C9H10N4O4S/c10-12-11-6-3-7-18(16,17)9-5-2-1-4-8(9)13(14)15/h1-2,4-5H,3,6-7H2. The quantitative estimate of drug-likeness (QED) is 0.196. The third kappa shape index (κ3) is 3.44. The topological polar surface area (TPSA) is 126 Å². The van der Waals surface area contributed by atoms with Crippen LogP contribution in [0.3, 0.4) is 0 Å². The predicted molar refractivity (Wildman–Crippen MR) is 63.8 cm³/mol. The molecule has 0 aliphatic rings. The Morgan fingerprint density at radius 3 is 2.67 bits per heavy atom. The van der Waals surface area contributed by atoms with E-state index in [-0.39, 0.29) is 23.6 Å². The van der Waals surface area contributed by atoms with E-state index in [0.717, 1.165) is 6.07 Å². The van der Waals surface area contributed by atoms with Crippen molar-refractivity contribution >= 4 is 15.5 Å².